The van der Waals surface area contributed by atoms with Crippen molar-refractivity contribution >= 4 is 24.3 Å². The third kappa shape index (κ3) is 5.38. The molecule has 144 valence electrons. The van der Waals surface area contributed by atoms with Gasteiger partial charge in [0.15, 0.2) is 0 Å². The van der Waals surface area contributed by atoms with Crippen LogP contribution >= 0.6 is 7.60 Å². The highest BCUT2D eigenvalue weighted by molar-refractivity contribution is 7.51. The fourth-order valence-corrected chi connectivity index (χ4v) is 3.40. The molecule has 0 radical (unpaired) electrons. The standard InChI is InChI=1S/C15H21N4O4P.C2H6/c1-23-12-2-3-13-14(10-12)16-11-17-15(13)19-6-4-18(5-7-19)8-9-24(20,21)22;1-2/h2-3,10-11H,4-9H2,1H3,(H2,20,21,22);1-2H3. The molecule has 26 heavy (non-hydrogen) atoms. The van der Waals surface area contributed by atoms with Gasteiger partial charge in [0.2, 0.25) is 0 Å². The fourth-order valence-electron chi connectivity index (χ4n) is 2.86. The van der Waals surface area contributed by atoms with E-state index in [2.05, 4.69) is 19.8 Å². The molecular weight excluding hydrogens is 355 g/mol. The molecular formula is C17H27N4O4P. The zero-order valence-corrected chi connectivity index (χ0v) is 16.4. The predicted molar refractivity (Wildman–Crippen MR) is 103 cm³/mol. The number of ether oxygens (including phenoxy) is 1. The zero-order chi connectivity index (χ0) is 19.2. The first-order chi connectivity index (χ1) is 12.5. The van der Waals surface area contributed by atoms with Crippen molar-refractivity contribution in [2.45, 2.75) is 13.8 Å². The first kappa shape index (κ1) is 20.6. The number of benzene rings is 1. The van der Waals surface area contributed by atoms with Crippen LogP contribution < -0.4 is 9.64 Å². The summed E-state index contributed by atoms with van der Waals surface area (Å²) in [5.41, 5.74) is 0.836. The maximum atomic E-state index is 11.0. The van der Waals surface area contributed by atoms with Gasteiger partial charge in [-0.15, -0.1) is 0 Å². The van der Waals surface area contributed by atoms with E-state index in [1.807, 2.05) is 32.0 Å². The molecule has 1 aromatic carbocycles. The van der Waals surface area contributed by atoms with Crippen molar-refractivity contribution in [3.8, 4) is 5.75 Å². The van der Waals surface area contributed by atoms with Crippen LogP contribution in [0.15, 0.2) is 24.5 Å². The van der Waals surface area contributed by atoms with E-state index in [9.17, 15) is 4.57 Å². The van der Waals surface area contributed by atoms with Gasteiger partial charge in [-0.2, -0.15) is 0 Å². The summed E-state index contributed by atoms with van der Waals surface area (Å²) < 4.78 is 16.2. The lowest BCUT2D eigenvalue weighted by Gasteiger charge is -2.35. The average molecular weight is 382 g/mol. The van der Waals surface area contributed by atoms with E-state index in [4.69, 9.17) is 14.5 Å². The van der Waals surface area contributed by atoms with Crippen molar-refractivity contribution in [3.05, 3.63) is 24.5 Å². The highest BCUT2D eigenvalue weighted by Gasteiger charge is 2.22. The molecule has 1 aliphatic heterocycles. The Labute approximate surface area is 154 Å². The van der Waals surface area contributed by atoms with Crippen LogP contribution in [0.25, 0.3) is 10.9 Å². The van der Waals surface area contributed by atoms with E-state index < -0.39 is 7.60 Å². The highest BCUT2D eigenvalue weighted by Crippen LogP contribution is 2.34. The van der Waals surface area contributed by atoms with Gasteiger partial charge >= 0.3 is 7.60 Å². The van der Waals surface area contributed by atoms with Crippen molar-refractivity contribution in [1.29, 1.82) is 0 Å². The van der Waals surface area contributed by atoms with E-state index in [1.165, 1.54) is 0 Å². The molecule has 0 unspecified atom stereocenters. The molecule has 0 spiro atoms. The van der Waals surface area contributed by atoms with Gasteiger partial charge in [0.25, 0.3) is 0 Å². The molecule has 2 aromatic rings. The highest BCUT2D eigenvalue weighted by atomic mass is 31.2. The number of rotatable bonds is 5. The number of hydrogen-bond acceptors (Lipinski definition) is 6. The minimum atomic E-state index is -3.93. The van der Waals surface area contributed by atoms with Crippen LogP contribution in [0.3, 0.4) is 0 Å². The van der Waals surface area contributed by atoms with Gasteiger partial charge in [-0.1, -0.05) is 13.8 Å². The number of piperazine rings is 1. The van der Waals surface area contributed by atoms with Crippen molar-refractivity contribution in [3.63, 3.8) is 0 Å². The lowest BCUT2D eigenvalue weighted by atomic mass is 10.2. The molecule has 0 aliphatic carbocycles. The van der Waals surface area contributed by atoms with Gasteiger partial charge in [0.05, 0.1) is 18.8 Å². The minimum absolute atomic E-state index is 0.0940. The lowest BCUT2D eigenvalue weighted by Crippen LogP contribution is -2.47. The Bertz CT molecular complexity index is 760. The summed E-state index contributed by atoms with van der Waals surface area (Å²) in [6.45, 7) is 7.45. The topological polar surface area (TPSA) is 99.0 Å². The molecule has 1 fully saturated rings. The number of fused-ring (bicyclic) bond motifs is 1. The Kier molecular flexibility index (Phi) is 7.34. The molecule has 3 rings (SSSR count). The van der Waals surface area contributed by atoms with Crippen molar-refractivity contribution in [2.75, 3.05) is 50.9 Å². The second-order valence-electron chi connectivity index (χ2n) is 5.80. The SMILES string of the molecule is CC.COc1ccc2c(N3CCN(CCP(=O)(O)O)CC3)ncnc2c1. The van der Waals surface area contributed by atoms with Crippen LogP contribution in [0.5, 0.6) is 5.75 Å². The molecule has 9 heteroatoms. The quantitative estimate of drug-likeness (QED) is 0.758. The summed E-state index contributed by atoms with van der Waals surface area (Å²) in [5, 5.41) is 0.974. The third-order valence-electron chi connectivity index (χ3n) is 4.20. The van der Waals surface area contributed by atoms with Crippen LogP contribution in [0.2, 0.25) is 0 Å². The molecule has 0 amide bonds. The van der Waals surface area contributed by atoms with Crippen LogP contribution in [-0.4, -0.2) is 70.7 Å². The number of aromatic nitrogens is 2. The second-order valence-corrected chi connectivity index (χ2v) is 7.57. The van der Waals surface area contributed by atoms with Gasteiger partial charge in [-0.3, -0.25) is 9.46 Å². The summed E-state index contributed by atoms with van der Waals surface area (Å²) in [7, 11) is -2.31. The molecule has 1 saturated heterocycles. The van der Waals surface area contributed by atoms with Gasteiger partial charge in [0, 0.05) is 44.2 Å². The third-order valence-corrected chi connectivity index (χ3v) is 4.98. The molecule has 2 N–H and O–H groups in total. The number of nitrogens with zero attached hydrogens (tertiary/aromatic N) is 4. The maximum Gasteiger partial charge on any atom is 0.326 e. The molecule has 0 bridgehead atoms. The normalized spacial score (nSPS) is 15.5. The first-order valence-electron chi connectivity index (χ1n) is 8.77. The van der Waals surface area contributed by atoms with E-state index in [0.29, 0.717) is 6.54 Å². The fraction of sp³-hybridized carbons (Fsp3) is 0.529. The summed E-state index contributed by atoms with van der Waals surface area (Å²) in [6, 6.07) is 5.74. The van der Waals surface area contributed by atoms with Gasteiger partial charge < -0.3 is 19.4 Å². The van der Waals surface area contributed by atoms with E-state index in [-0.39, 0.29) is 6.16 Å². The Balaban J connectivity index is 0.00000117. The van der Waals surface area contributed by atoms with Crippen LogP contribution in [-0.2, 0) is 4.57 Å². The molecule has 1 aliphatic rings. The van der Waals surface area contributed by atoms with Crippen LogP contribution in [0, 0.1) is 0 Å². The maximum absolute atomic E-state index is 11.0. The van der Waals surface area contributed by atoms with E-state index in [1.54, 1.807) is 13.4 Å². The first-order valence-corrected chi connectivity index (χ1v) is 10.6. The molecule has 1 aromatic heterocycles. The summed E-state index contributed by atoms with van der Waals surface area (Å²) in [4.78, 5) is 31.0. The monoisotopic (exact) mass is 382 g/mol. The van der Waals surface area contributed by atoms with E-state index >= 15 is 0 Å². The Morgan fingerprint density at radius 1 is 1.15 bits per heavy atom. The Morgan fingerprint density at radius 2 is 1.85 bits per heavy atom. The summed E-state index contributed by atoms with van der Waals surface area (Å²) in [5.74, 6) is 1.65. The molecule has 2 heterocycles. The van der Waals surface area contributed by atoms with Crippen LogP contribution in [0.1, 0.15) is 13.8 Å². The van der Waals surface area contributed by atoms with Crippen molar-refractivity contribution < 1.29 is 19.1 Å². The molecule has 0 saturated carbocycles. The predicted octanol–water partition coefficient (Wildman–Crippen LogP) is 1.96. The lowest BCUT2D eigenvalue weighted by molar-refractivity contribution is 0.264. The van der Waals surface area contributed by atoms with Gasteiger partial charge in [-0.25, -0.2) is 9.97 Å². The van der Waals surface area contributed by atoms with E-state index in [0.717, 1.165) is 48.6 Å². The Hall–Kier alpha value is -1.73. The second kappa shape index (κ2) is 9.28. The molecule has 0 atom stereocenters. The summed E-state index contributed by atoms with van der Waals surface area (Å²) in [6.07, 6.45) is 1.46. The van der Waals surface area contributed by atoms with Gasteiger partial charge in [0.1, 0.15) is 17.9 Å². The van der Waals surface area contributed by atoms with Crippen molar-refractivity contribution in [1.82, 2.24) is 14.9 Å². The zero-order valence-electron chi connectivity index (χ0n) is 15.5. The number of methoxy groups -OCH3 is 1. The van der Waals surface area contributed by atoms with Crippen LogP contribution in [0.4, 0.5) is 5.82 Å². The summed E-state index contributed by atoms with van der Waals surface area (Å²) >= 11 is 0. The molecule has 8 nitrogen and oxygen atoms in total. The number of hydrogen-bond donors (Lipinski definition) is 2. The van der Waals surface area contributed by atoms with Gasteiger partial charge in [-0.05, 0) is 12.1 Å². The number of anilines is 1. The smallest absolute Gasteiger partial charge is 0.326 e. The minimum Gasteiger partial charge on any atom is -0.497 e. The largest absolute Gasteiger partial charge is 0.497 e. The Morgan fingerprint density at radius 3 is 2.46 bits per heavy atom. The van der Waals surface area contributed by atoms with Crippen molar-refractivity contribution in [2.24, 2.45) is 0 Å². The average Bonchev–Trinajstić information content (AvgIpc) is 2.67.